The minimum absolute atomic E-state index is 0.575. The third-order valence-electron chi connectivity index (χ3n) is 3.14. The molecule has 3 rings (SSSR count). The summed E-state index contributed by atoms with van der Waals surface area (Å²) in [5, 5.41) is 4.43. The van der Waals surface area contributed by atoms with Crippen LogP contribution in [-0.4, -0.2) is 25.2 Å². The highest BCUT2D eigenvalue weighted by molar-refractivity contribution is 6.17. The first-order chi connectivity index (χ1) is 9.28. The van der Waals surface area contributed by atoms with Crippen LogP contribution in [0.2, 0.25) is 0 Å². The molecule has 0 saturated carbocycles. The monoisotopic (exact) mass is 274 g/mol. The molecule has 0 aliphatic heterocycles. The molecule has 0 saturated heterocycles. The Morgan fingerprint density at radius 1 is 1.21 bits per heavy atom. The summed E-state index contributed by atoms with van der Waals surface area (Å²) < 4.78 is 4.01. The van der Waals surface area contributed by atoms with Crippen LogP contribution in [0, 0.1) is 0 Å². The standard InChI is InChI=1S/C14H15ClN4/c1-18-9-7-11(17-18)10-19-13-5-3-2-4-12(13)16-14(19)6-8-15/h2-5,7,9H,6,8,10H2,1H3. The largest absolute Gasteiger partial charge is 0.322 e. The molecule has 0 spiro atoms. The van der Waals surface area contributed by atoms with Gasteiger partial charge in [-0.25, -0.2) is 4.98 Å². The van der Waals surface area contributed by atoms with Gasteiger partial charge in [0.15, 0.2) is 0 Å². The lowest BCUT2D eigenvalue weighted by atomic mass is 10.3. The Morgan fingerprint density at radius 2 is 2.05 bits per heavy atom. The Morgan fingerprint density at radius 3 is 2.79 bits per heavy atom. The van der Waals surface area contributed by atoms with Crippen molar-refractivity contribution < 1.29 is 0 Å². The van der Waals surface area contributed by atoms with Crippen molar-refractivity contribution in [1.29, 1.82) is 0 Å². The molecule has 0 bridgehead atoms. The van der Waals surface area contributed by atoms with E-state index in [0.717, 1.165) is 35.5 Å². The van der Waals surface area contributed by atoms with Crippen molar-refractivity contribution in [3.05, 3.63) is 48.0 Å². The van der Waals surface area contributed by atoms with E-state index in [9.17, 15) is 0 Å². The van der Waals surface area contributed by atoms with E-state index in [1.165, 1.54) is 0 Å². The lowest BCUT2D eigenvalue weighted by Crippen LogP contribution is -2.06. The molecule has 0 fully saturated rings. The van der Waals surface area contributed by atoms with Crippen molar-refractivity contribution in [3.63, 3.8) is 0 Å². The minimum atomic E-state index is 0.575. The van der Waals surface area contributed by atoms with Gasteiger partial charge in [0.25, 0.3) is 0 Å². The fourth-order valence-electron chi connectivity index (χ4n) is 2.29. The van der Waals surface area contributed by atoms with Crippen LogP contribution in [0.3, 0.4) is 0 Å². The SMILES string of the molecule is Cn1ccc(Cn2c(CCCl)nc3ccccc32)n1. The first kappa shape index (κ1) is 12.2. The first-order valence-electron chi connectivity index (χ1n) is 6.26. The number of benzene rings is 1. The zero-order chi connectivity index (χ0) is 13.2. The highest BCUT2D eigenvalue weighted by atomic mass is 35.5. The van der Waals surface area contributed by atoms with Crippen LogP contribution >= 0.6 is 11.6 Å². The van der Waals surface area contributed by atoms with E-state index in [1.807, 2.05) is 42.2 Å². The van der Waals surface area contributed by atoms with Gasteiger partial charge in [0.2, 0.25) is 0 Å². The second-order valence-corrected chi connectivity index (χ2v) is 4.90. The zero-order valence-electron chi connectivity index (χ0n) is 10.8. The second-order valence-electron chi connectivity index (χ2n) is 4.52. The van der Waals surface area contributed by atoms with Gasteiger partial charge in [-0.15, -0.1) is 11.6 Å². The quantitative estimate of drug-likeness (QED) is 0.686. The van der Waals surface area contributed by atoms with E-state index in [-0.39, 0.29) is 0 Å². The fraction of sp³-hybridized carbons (Fsp3) is 0.286. The first-order valence-corrected chi connectivity index (χ1v) is 6.80. The maximum Gasteiger partial charge on any atom is 0.111 e. The van der Waals surface area contributed by atoms with E-state index in [4.69, 9.17) is 11.6 Å². The summed E-state index contributed by atoms with van der Waals surface area (Å²) in [6.07, 6.45) is 2.72. The summed E-state index contributed by atoms with van der Waals surface area (Å²) in [4.78, 5) is 4.65. The lowest BCUT2D eigenvalue weighted by molar-refractivity contribution is 0.694. The van der Waals surface area contributed by atoms with Crippen LogP contribution < -0.4 is 0 Å². The molecule has 1 aromatic carbocycles. The molecule has 2 aromatic heterocycles. The molecule has 98 valence electrons. The summed E-state index contributed by atoms with van der Waals surface area (Å²) in [6, 6.07) is 10.2. The van der Waals surface area contributed by atoms with E-state index in [2.05, 4.69) is 20.7 Å². The van der Waals surface area contributed by atoms with Gasteiger partial charge in [0.05, 0.1) is 23.3 Å². The van der Waals surface area contributed by atoms with Gasteiger partial charge in [-0.3, -0.25) is 4.68 Å². The van der Waals surface area contributed by atoms with Crippen LogP contribution in [0.1, 0.15) is 11.5 Å². The molecule has 5 heteroatoms. The number of aromatic nitrogens is 4. The fourth-order valence-corrected chi connectivity index (χ4v) is 2.46. The van der Waals surface area contributed by atoms with Crippen LogP contribution in [0.25, 0.3) is 11.0 Å². The number of nitrogens with zero attached hydrogens (tertiary/aromatic N) is 4. The summed E-state index contributed by atoms with van der Waals surface area (Å²) in [6.45, 7) is 0.730. The molecule has 0 radical (unpaired) electrons. The van der Waals surface area contributed by atoms with Gasteiger partial charge < -0.3 is 4.57 Å². The number of para-hydroxylation sites is 2. The third-order valence-corrected chi connectivity index (χ3v) is 3.33. The number of alkyl halides is 1. The van der Waals surface area contributed by atoms with Crippen molar-refractivity contribution in [2.75, 3.05) is 5.88 Å². The lowest BCUT2D eigenvalue weighted by Gasteiger charge is -2.06. The molecule has 0 atom stereocenters. The minimum Gasteiger partial charge on any atom is -0.322 e. The van der Waals surface area contributed by atoms with Crippen LogP contribution in [-0.2, 0) is 20.0 Å². The molecule has 3 aromatic rings. The number of hydrogen-bond donors (Lipinski definition) is 0. The Balaban J connectivity index is 2.06. The smallest absolute Gasteiger partial charge is 0.111 e. The van der Waals surface area contributed by atoms with Crippen molar-refractivity contribution in [2.45, 2.75) is 13.0 Å². The third kappa shape index (κ3) is 2.36. The predicted molar refractivity (Wildman–Crippen MR) is 76.5 cm³/mol. The van der Waals surface area contributed by atoms with Crippen LogP contribution in [0.5, 0.6) is 0 Å². The summed E-state index contributed by atoms with van der Waals surface area (Å²) in [5.41, 5.74) is 3.17. The van der Waals surface area contributed by atoms with Crippen LogP contribution in [0.15, 0.2) is 36.5 Å². The molecule has 0 aliphatic carbocycles. The predicted octanol–water partition coefficient (Wildman–Crippen LogP) is 2.60. The number of aryl methyl sites for hydroxylation is 2. The van der Waals surface area contributed by atoms with E-state index >= 15 is 0 Å². The Kier molecular flexibility index (Phi) is 3.25. The molecule has 0 aliphatic rings. The summed E-state index contributed by atoms with van der Waals surface area (Å²) in [5.74, 6) is 1.59. The Bertz CT molecular complexity index is 698. The maximum absolute atomic E-state index is 5.87. The van der Waals surface area contributed by atoms with E-state index < -0.39 is 0 Å². The molecule has 19 heavy (non-hydrogen) atoms. The molecule has 4 nitrogen and oxygen atoms in total. The molecular formula is C14H15ClN4. The van der Waals surface area contributed by atoms with Gasteiger partial charge in [0, 0.05) is 25.5 Å². The molecular weight excluding hydrogens is 260 g/mol. The van der Waals surface area contributed by atoms with E-state index in [0.29, 0.717) is 5.88 Å². The Labute approximate surface area is 116 Å². The van der Waals surface area contributed by atoms with Gasteiger partial charge in [-0.1, -0.05) is 12.1 Å². The van der Waals surface area contributed by atoms with Crippen molar-refractivity contribution in [2.24, 2.45) is 7.05 Å². The molecule has 0 unspecified atom stereocenters. The molecule has 0 N–H and O–H groups in total. The molecule has 0 amide bonds. The number of hydrogen-bond acceptors (Lipinski definition) is 2. The topological polar surface area (TPSA) is 35.6 Å². The van der Waals surface area contributed by atoms with Crippen LogP contribution in [0.4, 0.5) is 0 Å². The Hall–Kier alpha value is -1.81. The van der Waals surface area contributed by atoms with Crippen molar-refractivity contribution in [3.8, 4) is 0 Å². The number of rotatable bonds is 4. The van der Waals surface area contributed by atoms with E-state index in [1.54, 1.807) is 0 Å². The van der Waals surface area contributed by atoms with Crippen molar-refractivity contribution in [1.82, 2.24) is 19.3 Å². The number of imidazole rings is 1. The number of halogens is 1. The summed E-state index contributed by atoms with van der Waals surface area (Å²) >= 11 is 5.87. The second kappa shape index (κ2) is 5.05. The van der Waals surface area contributed by atoms with Gasteiger partial charge in [-0.2, -0.15) is 5.10 Å². The number of fused-ring (bicyclic) bond motifs is 1. The highest BCUT2D eigenvalue weighted by Crippen LogP contribution is 2.18. The maximum atomic E-state index is 5.87. The van der Waals surface area contributed by atoms with Gasteiger partial charge >= 0.3 is 0 Å². The zero-order valence-corrected chi connectivity index (χ0v) is 11.5. The van der Waals surface area contributed by atoms with Crippen molar-refractivity contribution >= 4 is 22.6 Å². The normalized spacial score (nSPS) is 11.3. The van der Waals surface area contributed by atoms with Gasteiger partial charge in [0.1, 0.15) is 5.82 Å². The van der Waals surface area contributed by atoms with Gasteiger partial charge in [-0.05, 0) is 18.2 Å². The average molecular weight is 275 g/mol. The molecule has 2 heterocycles. The highest BCUT2D eigenvalue weighted by Gasteiger charge is 2.11. The summed E-state index contributed by atoms with van der Waals surface area (Å²) in [7, 11) is 1.93. The average Bonchev–Trinajstić information content (AvgIpc) is 2.96.